The maximum Gasteiger partial charge on any atom is 0.230 e. The van der Waals surface area contributed by atoms with Gasteiger partial charge in [0, 0.05) is 27.2 Å². The van der Waals surface area contributed by atoms with Gasteiger partial charge in [0.2, 0.25) is 12.7 Å². The summed E-state index contributed by atoms with van der Waals surface area (Å²) in [6, 6.07) is 24.7. The van der Waals surface area contributed by atoms with E-state index in [1.54, 1.807) is 72.8 Å². The number of carbonyl (C=O) groups excluding carboxylic acids is 2. The zero-order valence-corrected chi connectivity index (χ0v) is 18.7. The van der Waals surface area contributed by atoms with E-state index >= 15 is 0 Å². The lowest BCUT2D eigenvalue weighted by atomic mass is 9.70. The minimum Gasteiger partial charge on any atom is -0.305 e. The normalized spacial score (nSPS) is 15.9. The van der Waals surface area contributed by atoms with Crippen molar-refractivity contribution < 1.29 is 14.2 Å². The molecule has 1 fully saturated rings. The number of Topliss-reactive ketones (excluding diaryl/α,β-unsaturated/α-hetero) is 1. The molecule has 0 bridgehead atoms. The van der Waals surface area contributed by atoms with E-state index in [-0.39, 0.29) is 11.3 Å². The molecule has 3 nitrogen and oxygen atoms in total. The summed E-state index contributed by atoms with van der Waals surface area (Å²) >= 11 is 0. The quantitative estimate of drug-likeness (QED) is 0.356. The van der Waals surface area contributed by atoms with Gasteiger partial charge in [0.25, 0.3) is 0 Å². The fraction of sp³-hybridized carbons (Fsp3) is 0.259. The van der Waals surface area contributed by atoms with Gasteiger partial charge < -0.3 is 4.57 Å². The average Bonchev–Trinajstić information content (AvgIpc) is 2.84. The molecule has 0 heterocycles. The van der Waals surface area contributed by atoms with Crippen LogP contribution in [0.5, 0.6) is 0 Å². The third-order valence-corrected chi connectivity index (χ3v) is 9.30. The molecule has 0 N–H and O–H groups in total. The first-order valence-corrected chi connectivity index (χ1v) is 12.6. The predicted octanol–water partition coefficient (Wildman–Crippen LogP) is 5.99. The van der Waals surface area contributed by atoms with E-state index < -0.39 is 18.1 Å². The summed E-state index contributed by atoms with van der Waals surface area (Å²) in [5.41, 5.74) is -0.300. The Morgan fingerprint density at radius 1 is 0.677 bits per heavy atom. The van der Waals surface area contributed by atoms with Crippen LogP contribution in [0.1, 0.15) is 59.7 Å². The largest absolute Gasteiger partial charge is 0.305 e. The van der Waals surface area contributed by atoms with Crippen LogP contribution in [0.3, 0.4) is 0 Å². The molecule has 1 aliphatic rings. The van der Waals surface area contributed by atoms with Gasteiger partial charge in [0.15, 0.2) is 5.78 Å². The minimum atomic E-state index is -3.66. The molecule has 0 atom stereocenters. The number of ketones is 1. The van der Waals surface area contributed by atoms with Crippen LogP contribution in [-0.2, 0) is 4.57 Å². The zero-order valence-electron chi connectivity index (χ0n) is 17.8. The molecule has 31 heavy (non-hydrogen) atoms. The second-order valence-electron chi connectivity index (χ2n) is 8.58. The molecule has 0 aromatic heterocycles. The van der Waals surface area contributed by atoms with Crippen LogP contribution in [0.2, 0.25) is 0 Å². The van der Waals surface area contributed by atoms with Crippen LogP contribution in [0, 0.1) is 5.41 Å². The molecule has 0 radical (unpaired) electrons. The highest BCUT2D eigenvalue weighted by molar-refractivity contribution is 7.93. The molecule has 4 heteroatoms. The van der Waals surface area contributed by atoms with Crippen molar-refractivity contribution in [1.29, 1.82) is 0 Å². The second-order valence-corrected chi connectivity index (χ2v) is 11.2. The first-order valence-electron chi connectivity index (χ1n) is 10.9. The van der Waals surface area contributed by atoms with Crippen molar-refractivity contribution in [2.45, 2.75) is 39.0 Å². The molecule has 0 amide bonds. The summed E-state index contributed by atoms with van der Waals surface area (Å²) in [7, 11) is -3.66. The summed E-state index contributed by atoms with van der Waals surface area (Å²) in [5.74, 6) is -0.0103. The van der Waals surface area contributed by atoms with Crippen molar-refractivity contribution in [2.24, 2.45) is 5.41 Å². The Labute approximate surface area is 183 Å². The highest BCUT2D eigenvalue weighted by atomic mass is 31.2. The van der Waals surface area contributed by atoms with Crippen molar-refractivity contribution in [3.05, 3.63) is 96.1 Å². The average molecular weight is 430 g/mol. The Morgan fingerprint density at radius 3 is 1.65 bits per heavy atom. The highest BCUT2D eigenvalue weighted by Gasteiger charge is 2.41. The van der Waals surface area contributed by atoms with Gasteiger partial charge in [-0.25, -0.2) is 0 Å². The predicted molar refractivity (Wildman–Crippen MR) is 126 cm³/mol. The van der Waals surface area contributed by atoms with Crippen molar-refractivity contribution in [3.63, 3.8) is 0 Å². The van der Waals surface area contributed by atoms with Crippen LogP contribution in [0.25, 0.3) is 0 Å². The molecule has 0 saturated heterocycles. The number of hydrogen-bond donors (Lipinski definition) is 0. The highest BCUT2D eigenvalue weighted by Crippen LogP contribution is 2.48. The summed E-state index contributed by atoms with van der Waals surface area (Å²) < 4.78 is 14.5. The van der Waals surface area contributed by atoms with Gasteiger partial charge in [0.1, 0.15) is 0 Å². The number of carbonyl (C=O) groups is 2. The molecule has 0 unspecified atom stereocenters. The third kappa shape index (κ3) is 3.95. The van der Waals surface area contributed by atoms with Crippen molar-refractivity contribution in [1.82, 2.24) is 0 Å². The fourth-order valence-corrected chi connectivity index (χ4v) is 7.07. The van der Waals surface area contributed by atoms with E-state index in [2.05, 4.69) is 0 Å². The first-order chi connectivity index (χ1) is 15.0. The molecule has 4 rings (SSSR count). The standard InChI is InChI=1S/C27H27O3P/c1-27(19-11-4-12-20-27)25(28)23-17-9-10-18-24(23)26(29)31(30,21-13-5-2-6-14-21)22-15-7-3-8-16-22/h2-3,5-10,13-18H,4,11-12,19-20H2,1H3. The Kier molecular flexibility index (Phi) is 6.07. The Balaban J connectivity index is 1.85. The van der Waals surface area contributed by atoms with Crippen molar-refractivity contribution >= 4 is 29.1 Å². The maximum absolute atomic E-state index is 14.5. The van der Waals surface area contributed by atoms with Gasteiger partial charge in [-0.15, -0.1) is 0 Å². The Morgan fingerprint density at radius 2 is 1.13 bits per heavy atom. The molecular weight excluding hydrogens is 403 g/mol. The lowest BCUT2D eigenvalue weighted by Gasteiger charge is -2.32. The van der Waals surface area contributed by atoms with E-state index in [1.165, 1.54) is 0 Å². The van der Waals surface area contributed by atoms with Crippen molar-refractivity contribution in [2.75, 3.05) is 0 Å². The Bertz CT molecular complexity index is 1090. The van der Waals surface area contributed by atoms with Crippen molar-refractivity contribution in [3.8, 4) is 0 Å². The van der Waals surface area contributed by atoms with Gasteiger partial charge >= 0.3 is 0 Å². The molecular formula is C27H27O3P. The summed E-state index contributed by atoms with van der Waals surface area (Å²) in [5, 5.41) is 0.967. The second kappa shape index (κ2) is 8.77. The van der Waals surface area contributed by atoms with E-state index in [0.29, 0.717) is 16.2 Å². The topological polar surface area (TPSA) is 51.2 Å². The Hall–Kier alpha value is -2.77. The van der Waals surface area contributed by atoms with Crippen LogP contribution in [0.4, 0.5) is 0 Å². The zero-order chi connectivity index (χ0) is 21.9. The van der Waals surface area contributed by atoms with Crippen LogP contribution in [0.15, 0.2) is 84.9 Å². The molecule has 3 aromatic carbocycles. The van der Waals surface area contributed by atoms with Gasteiger partial charge in [-0.1, -0.05) is 111 Å². The maximum atomic E-state index is 14.5. The smallest absolute Gasteiger partial charge is 0.230 e. The van der Waals surface area contributed by atoms with E-state index in [0.717, 1.165) is 32.1 Å². The monoisotopic (exact) mass is 430 g/mol. The lowest BCUT2D eigenvalue weighted by molar-refractivity contribution is 0.0746. The summed E-state index contributed by atoms with van der Waals surface area (Å²) in [6.45, 7) is 2.00. The van der Waals surface area contributed by atoms with E-state index in [4.69, 9.17) is 0 Å². The third-order valence-electron chi connectivity index (χ3n) is 6.43. The molecule has 1 saturated carbocycles. The number of rotatable bonds is 6. The fourth-order valence-electron chi connectivity index (χ4n) is 4.58. The SMILES string of the molecule is CC1(C(=O)c2ccccc2C(=O)P(=O)(c2ccccc2)c2ccccc2)CCCCC1. The van der Waals surface area contributed by atoms with E-state index in [1.807, 2.05) is 19.1 Å². The summed E-state index contributed by atoms with van der Waals surface area (Å²) in [4.78, 5) is 27.6. The minimum absolute atomic E-state index is 0.0103. The summed E-state index contributed by atoms with van der Waals surface area (Å²) in [6.07, 6.45) is 4.82. The lowest BCUT2D eigenvalue weighted by Crippen LogP contribution is -2.32. The number of benzene rings is 3. The van der Waals surface area contributed by atoms with Crippen LogP contribution < -0.4 is 10.6 Å². The van der Waals surface area contributed by atoms with Crippen LogP contribution in [-0.4, -0.2) is 11.3 Å². The molecule has 0 spiro atoms. The molecule has 1 aliphatic carbocycles. The van der Waals surface area contributed by atoms with Crippen LogP contribution >= 0.6 is 7.14 Å². The molecule has 0 aliphatic heterocycles. The number of hydrogen-bond acceptors (Lipinski definition) is 3. The van der Waals surface area contributed by atoms with Gasteiger partial charge in [-0.2, -0.15) is 0 Å². The first kappa shape index (κ1) is 21.5. The van der Waals surface area contributed by atoms with Gasteiger partial charge in [0.05, 0.1) is 0 Å². The van der Waals surface area contributed by atoms with E-state index in [9.17, 15) is 14.2 Å². The van der Waals surface area contributed by atoms with Gasteiger partial charge in [-0.3, -0.25) is 9.59 Å². The van der Waals surface area contributed by atoms with Gasteiger partial charge in [-0.05, 0) is 12.8 Å². The molecule has 3 aromatic rings. The molecule has 158 valence electrons.